The van der Waals surface area contributed by atoms with Crippen LogP contribution < -0.4 is 4.74 Å². The monoisotopic (exact) mass is 580 g/mol. The molecular formula is C39H64O3. The van der Waals surface area contributed by atoms with E-state index in [9.17, 15) is 0 Å². The van der Waals surface area contributed by atoms with E-state index in [0.29, 0.717) is 6.61 Å². The van der Waals surface area contributed by atoms with Gasteiger partial charge < -0.3 is 4.74 Å². The minimum atomic E-state index is -0.753. The SMILES string of the molecule is CCCCCCCCCCCCCCCCCC(CCCCCCCC)(OOCc1ccccc1)Oc1ccccc1. The predicted molar refractivity (Wildman–Crippen MR) is 180 cm³/mol. The molecule has 0 aliphatic rings. The minimum Gasteiger partial charge on any atom is -0.460 e. The first-order valence-corrected chi connectivity index (χ1v) is 17.9. The van der Waals surface area contributed by atoms with Crippen LogP contribution in [0.3, 0.4) is 0 Å². The topological polar surface area (TPSA) is 27.7 Å². The molecule has 3 heteroatoms. The average Bonchev–Trinajstić information content (AvgIpc) is 3.02. The van der Waals surface area contributed by atoms with Crippen LogP contribution in [0, 0.1) is 0 Å². The molecule has 0 spiro atoms. The molecule has 0 radical (unpaired) electrons. The molecule has 2 aromatic carbocycles. The standard InChI is InChI=1S/C39H64O3/c1-3-5-7-9-11-12-13-14-15-16-17-18-19-21-29-35-39(34-28-20-10-8-6-4-2,41-38-32-26-23-27-33-38)42-40-36-37-30-24-22-25-31-37/h22-27,30-33H,3-21,28-29,34-36H2,1-2H3. The van der Waals surface area contributed by atoms with Crippen molar-refractivity contribution in [3.63, 3.8) is 0 Å². The molecule has 1 atom stereocenters. The van der Waals surface area contributed by atoms with Crippen molar-refractivity contribution in [3.8, 4) is 5.75 Å². The van der Waals surface area contributed by atoms with Crippen LogP contribution in [0.25, 0.3) is 0 Å². The molecular weight excluding hydrogens is 516 g/mol. The second-order valence-corrected chi connectivity index (χ2v) is 12.4. The molecule has 1 unspecified atom stereocenters. The highest BCUT2D eigenvalue weighted by molar-refractivity contribution is 5.21. The fraction of sp³-hybridized carbons (Fsp3) is 0.692. The van der Waals surface area contributed by atoms with Gasteiger partial charge in [-0.25, -0.2) is 4.89 Å². The zero-order valence-electron chi connectivity index (χ0n) is 27.5. The predicted octanol–water partition coefficient (Wildman–Crippen LogP) is 12.9. The summed E-state index contributed by atoms with van der Waals surface area (Å²) in [5.41, 5.74) is 1.11. The van der Waals surface area contributed by atoms with Crippen molar-refractivity contribution in [2.75, 3.05) is 0 Å². The van der Waals surface area contributed by atoms with Crippen molar-refractivity contribution in [2.45, 2.75) is 174 Å². The zero-order chi connectivity index (χ0) is 29.8. The summed E-state index contributed by atoms with van der Waals surface area (Å²) in [5, 5.41) is 0. The molecule has 0 bridgehead atoms. The molecule has 3 nitrogen and oxygen atoms in total. The normalized spacial score (nSPS) is 12.8. The van der Waals surface area contributed by atoms with E-state index in [1.165, 1.54) is 122 Å². The maximum atomic E-state index is 6.64. The van der Waals surface area contributed by atoms with Crippen LogP contribution in [0.5, 0.6) is 5.75 Å². The van der Waals surface area contributed by atoms with Gasteiger partial charge in [0.1, 0.15) is 12.4 Å². The van der Waals surface area contributed by atoms with Crippen molar-refractivity contribution in [1.29, 1.82) is 0 Å². The molecule has 0 aromatic heterocycles. The van der Waals surface area contributed by atoms with E-state index < -0.39 is 5.79 Å². The van der Waals surface area contributed by atoms with E-state index >= 15 is 0 Å². The number of benzene rings is 2. The molecule has 0 saturated heterocycles. The van der Waals surface area contributed by atoms with Crippen molar-refractivity contribution in [3.05, 3.63) is 66.2 Å². The fourth-order valence-corrected chi connectivity index (χ4v) is 5.75. The first kappa shape index (κ1) is 36.4. The quantitative estimate of drug-likeness (QED) is 0.0414. The van der Waals surface area contributed by atoms with Crippen LogP contribution in [-0.4, -0.2) is 5.79 Å². The third-order valence-corrected chi connectivity index (χ3v) is 8.40. The Labute approximate surface area is 260 Å². The first-order valence-electron chi connectivity index (χ1n) is 17.9. The molecule has 0 amide bonds. The third kappa shape index (κ3) is 18.6. The molecule has 0 saturated carbocycles. The molecule has 0 heterocycles. The molecule has 2 aromatic rings. The Morgan fingerprint density at radius 3 is 1.26 bits per heavy atom. The number of hydrogen-bond donors (Lipinski definition) is 0. The van der Waals surface area contributed by atoms with Gasteiger partial charge in [0.05, 0.1) is 0 Å². The van der Waals surface area contributed by atoms with Gasteiger partial charge >= 0.3 is 0 Å². The number of para-hydroxylation sites is 1. The summed E-state index contributed by atoms with van der Waals surface area (Å²) in [6.45, 7) is 4.99. The lowest BCUT2D eigenvalue weighted by atomic mass is 9.98. The van der Waals surface area contributed by atoms with Crippen LogP contribution in [0.15, 0.2) is 60.7 Å². The summed E-state index contributed by atoms with van der Waals surface area (Å²) < 4.78 is 6.64. The molecule has 0 fully saturated rings. The van der Waals surface area contributed by atoms with Gasteiger partial charge in [-0.15, -0.1) is 0 Å². The Morgan fingerprint density at radius 2 is 0.833 bits per heavy atom. The highest BCUT2D eigenvalue weighted by atomic mass is 17.2. The second kappa shape index (κ2) is 25.6. The summed E-state index contributed by atoms with van der Waals surface area (Å²) in [7, 11) is 0. The number of hydrogen-bond acceptors (Lipinski definition) is 3. The van der Waals surface area contributed by atoms with Crippen LogP contribution in [0.2, 0.25) is 0 Å². The van der Waals surface area contributed by atoms with Gasteiger partial charge in [-0.3, -0.25) is 0 Å². The second-order valence-electron chi connectivity index (χ2n) is 12.4. The zero-order valence-corrected chi connectivity index (χ0v) is 27.5. The van der Waals surface area contributed by atoms with E-state index in [0.717, 1.165) is 37.0 Å². The lowest BCUT2D eigenvalue weighted by Crippen LogP contribution is -2.39. The molecule has 42 heavy (non-hydrogen) atoms. The van der Waals surface area contributed by atoms with Crippen LogP contribution in [0.1, 0.15) is 167 Å². The summed E-state index contributed by atoms with van der Waals surface area (Å²) in [4.78, 5) is 12.2. The lowest BCUT2D eigenvalue weighted by Gasteiger charge is -2.33. The van der Waals surface area contributed by atoms with Gasteiger partial charge in [0.15, 0.2) is 0 Å². The van der Waals surface area contributed by atoms with Crippen LogP contribution >= 0.6 is 0 Å². The van der Waals surface area contributed by atoms with Crippen molar-refractivity contribution >= 4 is 0 Å². The van der Waals surface area contributed by atoms with E-state index in [1.807, 2.05) is 48.5 Å². The van der Waals surface area contributed by atoms with E-state index in [-0.39, 0.29) is 0 Å². The maximum Gasteiger partial charge on any atom is 0.240 e. The number of unbranched alkanes of at least 4 members (excludes halogenated alkanes) is 19. The van der Waals surface area contributed by atoms with Gasteiger partial charge in [0, 0.05) is 12.8 Å². The molecule has 238 valence electrons. The van der Waals surface area contributed by atoms with E-state index in [1.54, 1.807) is 0 Å². The van der Waals surface area contributed by atoms with Gasteiger partial charge in [0.25, 0.3) is 0 Å². The van der Waals surface area contributed by atoms with E-state index in [4.69, 9.17) is 14.5 Å². The maximum absolute atomic E-state index is 6.64. The van der Waals surface area contributed by atoms with Gasteiger partial charge in [-0.05, 0) is 30.5 Å². The highest BCUT2D eigenvalue weighted by Gasteiger charge is 2.34. The van der Waals surface area contributed by atoms with Gasteiger partial charge in [-0.1, -0.05) is 184 Å². The van der Waals surface area contributed by atoms with E-state index in [2.05, 4.69) is 26.0 Å². The van der Waals surface area contributed by atoms with Crippen molar-refractivity contribution in [2.24, 2.45) is 0 Å². The third-order valence-electron chi connectivity index (χ3n) is 8.40. The fourth-order valence-electron chi connectivity index (χ4n) is 5.75. The highest BCUT2D eigenvalue weighted by Crippen LogP contribution is 2.31. The Kier molecular flexibility index (Phi) is 22.2. The lowest BCUT2D eigenvalue weighted by molar-refractivity contribution is -0.420. The average molecular weight is 581 g/mol. The molecule has 2 rings (SSSR count). The Morgan fingerprint density at radius 1 is 0.452 bits per heavy atom. The van der Waals surface area contributed by atoms with Crippen LogP contribution in [0.4, 0.5) is 0 Å². The summed E-state index contributed by atoms with van der Waals surface area (Å²) in [5.74, 6) is 0.102. The largest absolute Gasteiger partial charge is 0.460 e. The minimum absolute atomic E-state index is 0.427. The smallest absolute Gasteiger partial charge is 0.240 e. The number of ether oxygens (including phenoxy) is 1. The summed E-state index contributed by atoms with van der Waals surface area (Å²) in [6, 6.07) is 20.4. The molecule has 0 aliphatic heterocycles. The summed E-state index contributed by atoms with van der Waals surface area (Å²) >= 11 is 0. The first-order chi connectivity index (χ1) is 20.8. The molecule has 0 N–H and O–H groups in total. The Bertz CT molecular complexity index is 824. The Hall–Kier alpha value is -1.84. The number of rotatable bonds is 29. The summed E-state index contributed by atoms with van der Waals surface area (Å²) in [6.07, 6.45) is 29.7. The van der Waals surface area contributed by atoms with Crippen molar-refractivity contribution < 1.29 is 14.5 Å². The Balaban J connectivity index is 1.77. The van der Waals surface area contributed by atoms with Gasteiger partial charge in [0.2, 0.25) is 5.79 Å². The van der Waals surface area contributed by atoms with Gasteiger partial charge in [-0.2, -0.15) is 4.89 Å². The van der Waals surface area contributed by atoms with Crippen molar-refractivity contribution in [1.82, 2.24) is 0 Å². The van der Waals surface area contributed by atoms with Crippen LogP contribution in [-0.2, 0) is 16.4 Å². The molecule has 0 aliphatic carbocycles.